The smallest absolute Gasteiger partial charge is 0.159 e. The van der Waals surface area contributed by atoms with Crippen LogP contribution in [0.25, 0.3) is 80.4 Å². The van der Waals surface area contributed by atoms with Crippen LogP contribution in [0.3, 0.4) is 0 Å². The van der Waals surface area contributed by atoms with Crippen LogP contribution in [-0.4, -0.2) is 4.57 Å². The van der Waals surface area contributed by atoms with Crippen molar-refractivity contribution in [2.45, 2.75) is 0 Å². The summed E-state index contributed by atoms with van der Waals surface area (Å²) in [5.74, 6) is 0. The van der Waals surface area contributed by atoms with Gasteiger partial charge in [0.2, 0.25) is 0 Å². The Bertz CT molecular complexity index is 3110. The van der Waals surface area contributed by atoms with Crippen LogP contribution >= 0.6 is 11.3 Å². The molecular formula is C46H28N2OS. The van der Waals surface area contributed by atoms with Gasteiger partial charge in [-0.15, -0.1) is 11.3 Å². The van der Waals surface area contributed by atoms with Gasteiger partial charge in [-0.2, -0.15) is 0 Å². The van der Waals surface area contributed by atoms with Crippen LogP contribution in [0.5, 0.6) is 0 Å². The van der Waals surface area contributed by atoms with Crippen molar-refractivity contribution in [2.24, 2.45) is 0 Å². The zero-order valence-corrected chi connectivity index (χ0v) is 27.7. The molecule has 11 rings (SSSR count). The highest BCUT2D eigenvalue weighted by Crippen LogP contribution is 2.48. The third-order valence-corrected chi connectivity index (χ3v) is 11.3. The standard InChI is InChI=1S/C46H28N2OS/c1-2-13-30(14-3-1)47-38-19-8-6-17-37(38)44-39(47)20-11-21-40(44)48(31-25-27-34-33-16-7-9-23-42(33)50-43(34)28-31)41-22-10-18-35-36-26-24-29-12-4-5-15-32(29)45(36)49-46(35)41/h1-28H. The number of aromatic nitrogens is 1. The third kappa shape index (κ3) is 3.91. The van der Waals surface area contributed by atoms with Crippen molar-refractivity contribution in [2.75, 3.05) is 4.90 Å². The van der Waals surface area contributed by atoms with Crippen LogP contribution in [-0.2, 0) is 0 Å². The summed E-state index contributed by atoms with van der Waals surface area (Å²) in [6, 6.07) is 61.2. The predicted octanol–water partition coefficient (Wildman–Crippen LogP) is 13.7. The monoisotopic (exact) mass is 656 g/mol. The van der Waals surface area contributed by atoms with E-state index in [1.54, 1.807) is 0 Å². The molecule has 8 aromatic carbocycles. The highest BCUT2D eigenvalue weighted by atomic mass is 32.1. The molecule has 0 aliphatic rings. The molecule has 0 unspecified atom stereocenters. The molecule has 0 atom stereocenters. The van der Waals surface area contributed by atoms with Gasteiger partial charge in [-0.1, -0.05) is 109 Å². The lowest BCUT2D eigenvalue weighted by molar-refractivity contribution is 0.673. The summed E-state index contributed by atoms with van der Waals surface area (Å²) in [6.45, 7) is 0. The summed E-state index contributed by atoms with van der Waals surface area (Å²) in [5, 5.41) is 9.50. The Kier molecular flexibility index (Phi) is 5.83. The van der Waals surface area contributed by atoms with Crippen LogP contribution in [0, 0.1) is 0 Å². The number of nitrogens with zero attached hydrogens (tertiary/aromatic N) is 2. The molecule has 0 fully saturated rings. The van der Waals surface area contributed by atoms with Gasteiger partial charge in [-0.3, -0.25) is 0 Å². The minimum Gasteiger partial charge on any atom is -0.453 e. The van der Waals surface area contributed by atoms with Crippen molar-refractivity contribution in [1.29, 1.82) is 0 Å². The highest BCUT2D eigenvalue weighted by Gasteiger charge is 2.25. The Balaban J connectivity index is 1.26. The first kappa shape index (κ1) is 27.6. The number of hydrogen-bond acceptors (Lipinski definition) is 3. The molecule has 50 heavy (non-hydrogen) atoms. The molecule has 0 N–H and O–H groups in total. The van der Waals surface area contributed by atoms with Crippen molar-refractivity contribution < 1.29 is 4.42 Å². The normalized spacial score (nSPS) is 12.0. The summed E-state index contributed by atoms with van der Waals surface area (Å²) in [5.41, 5.74) is 8.47. The summed E-state index contributed by atoms with van der Waals surface area (Å²) in [7, 11) is 0. The summed E-state index contributed by atoms with van der Waals surface area (Å²) < 4.78 is 11.9. The predicted molar refractivity (Wildman–Crippen MR) is 213 cm³/mol. The number of thiophene rings is 1. The van der Waals surface area contributed by atoms with E-state index in [2.05, 4.69) is 179 Å². The van der Waals surface area contributed by atoms with Gasteiger partial charge < -0.3 is 13.9 Å². The molecule has 0 bridgehead atoms. The number of para-hydroxylation sites is 3. The summed E-state index contributed by atoms with van der Waals surface area (Å²) in [4.78, 5) is 2.42. The number of anilines is 3. The van der Waals surface area contributed by atoms with E-state index in [1.165, 1.54) is 41.8 Å². The average molecular weight is 657 g/mol. The first-order chi connectivity index (χ1) is 24.8. The molecule has 0 spiro atoms. The summed E-state index contributed by atoms with van der Waals surface area (Å²) in [6.07, 6.45) is 0. The lowest BCUT2D eigenvalue weighted by Gasteiger charge is -2.26. The van der Waals surface area contributed by atoms with Crippen molar-refractivity contribution in [1.82, 2.24) is 4.57 Å². The van der Waals surface area contributed by atoms with Crippen molar-refractivity contribution >= 4 is 103 Å². The Labute approximate surface area is 291 Å². The topological polar surface area (TPSA) is 21.3 Å². The van der Waals surface area contributed by atoms with Gasteiger partial charge in [0.15, 0.2) is 5.58 Å². The first-order valence-corrected chi connectivity index (χ1v) is 17.8. The number of rotatable bonds is 4. The molecule has 0 aliphatic carbocycles. The molecule has 3 heterocycles. The lowest BCUT2D eigenvalue weighted by Crippen LogP contribution is -2.10. The van der Waals surface area contributed by atoms with Gasteiger partial charge in [0.1, 0.15) is 5.58 Å². The zero-order chi connectivity index (χ0) is 32.8. The van der Waals surface area contributed by atoms with Crippen LogP contribution in [0.15, 0.2) is 174 Å². The van der Waals surface area contributed by atoms with Gasteiger partial charge in [-0.05, 0) is 66.0 Å². The Morgan fingerprint density at radius 1 is 0.440 bits per heavy atom. The van der Waals surface area contributed by atoms with E-state index < -0.39 is 0 Å². The summed E-state index contributed by atoms with van der Waals surface area (Å²) >= 11 is 1.85. The molecule has 234 valence electrons. The molecule has 3 aromatic heterocycles. The average Bonchev–Trinajstić information content (AvgIpc) is 3.85. The lowest BCUT2D eigenvalue weighted by atomic mass is 10.0. The van der Waals surface area contributed by atoms with E-state index in [1.807, 2.05) is 11.3 Å². The van der Waals surface area contributed by atoms with Crippen molar-refractivity contribution in [3.63, 3.8) is 0 Å². The largest absolute Gasteiger partial charge is 0.453 e. The van der Waals surface area contributed by atoms with E-state index in [0.29, 0.717) is 0 Å². The van der Waals surface area contributed by atoms with E-state index >= 15 is 0 Å². The van der Waals surface area contributed by atoms with Crippen LogP contribution in [0.4, 0.5) is 17.1 Å². The van der Waals surface area contributed by atoms with Crippen molar-refractivity contribution in [3.8, 4) is 5.69 Å². The van der Waals surface area contributed by atoms with Gasteiger partial charge in [-0.25, -0.2) is 0 Å². The molecule has 0 radical (unpaired) electrons. The van der Waals surface area contributed by atoms with Gasteiger partial charge in [0, 0.05) is 58.5 Å². The third-order valence-electron chi connectivity index (χ3n) is 10.2. The molecule has 3 nitrogen and oxygen atoms in total. The molecule has 0 aliphatic heterocycles. The SMILES string of the molecule is c1ccc(-n2c3ccccc3c3c(N(c4ccc5c(c4)sc4ccccc45)c4cccc5c4oc4c6ccccc6ccc54)cccc32)cc1. The van der Waals surface area contributed by atoms with Crippen LogP contribution in [0.1, 0.15) is 0 Å². The second kappa shape index (κ2) is 10.6. The molecule has 0 saturated carbocycles. The number of fused-ring (bicyclic) bond motifs is 11. The molecule has 4 heteroatoms. The van der Waals surface area contributed by atoms with Crippen molar-refractivity contribution in [3.05, 3.63) is 170 Å². The Morgan fingerprint density at radius 3 is 2.02 bits per heavy atom. The Morgan fingerprint density at radius 2 is 1.10 bits per heavy atom. The zero-order valence-electron chi connectivity index (χ0n) is 26.9. The fourth-order valence-electron chi connectivity index (χ4n) is 7.99. The number of hydrogen-bond donors (Lipinski definition) is 0. The van der Waals surface area contributed by atoms with Crippen LogP contribution < -0.4 is 4.90 Å². The molecule has 0 saturated heterocycles. The van der Waals surface area contributed by atoms with Gasteiger partial charge in [0.05, 0.1) is 22.4 Å². The number of furan rings is 1. The van der Waals surface area contributed by atoms with E-state index in [4.69, 9.17) is 4.42 Å². The second-order valence-corrected chi connectivity index (χ2v) is 14.0. The van der Waals surface area contributed by atoms with E-state index in [-0.39, 0.29) is 0 Å². The second-order valence-electron chi connectivity index (χ2n) is 12.9. The fourth-order valence-corrected chi connectivity index (χ4v) is 9.13. The maximum absolute atomic E-state index is 6.99. The van der Waals surface area contributed by atoms with E-state index in [0.717, 1.165) is 55.6 Å². The van der Waals surface area contributed by atoms with Gasteiger partial charge in [0.25, 0.3) is 0 Å². The fraction of sp³-hybridized carbons (Fsp3) is 0. The maximum atomic E-state index is 6.99. The minimum absolute atomic E-state index is 0.874. The Hall–Kier alpha value is -6.36. The van der Waals surface area contributed by atoms with Crippen LogP contribution in [0.2, 0.25) is 0 Å². The molecule has 0 amide bonds. The van der Waals surface area contributed by atoms with Gasteiger partial charge >= 0.3 is 0 Å². The number of benzene rings is 8. The quantitative estimate of drug-likeness (QED) is 0.188. The minimum atomic E-state index is 0.874. The highest BCUT2D eigenvalue weighted by molar-refractivity contribution is 7.25. The maximum Gasteiger partial charge on any atom is 0.159 e. The first-order valence-electron chi connectivity index (χ1n) is 16.9. The van der Waals surface area contributed by atoms with E-state index in [9.17, 15) is 0 Å². The molecule has 11 aromatic rings. The molecular weight excluding hydrogens is 629 g/mol.